The average Bonchev–Trinajstić information content (AvgIpc) is 2.15. The second-order valence-electron chi connectivity index (χ2n) is 1.42. The molecule has 0 radical (unpaired) electrons. The van der Waals surface area contributed by atoms with Gasteiger partial charge in [0, 0.05) is 6.20 Å². The molecule has 1 heterocycles. The molecule has 10 heavy (non-hydrogen) atoms. The summed E-state index contributed by atoms with van der Waals surface area (Å²) in [5.74, 6) is -0.282. The van der Waals surface area contributed by atoms with Crippen LogP contribution in [-0.4, -0.2) is 25.2 Å². The fourth-order valence-electron chi connectivity index (χ4n) is 0.308. The van der Waals surface area contributed by atoms with Crippen molar-refractivity contribution in [1.82, 2.24) is 4.98 Å². The van der Waals surface area contributed by atoms with Crippen molar-refractivity contribution in [1.29, 1.82) is 0 Å². The normalized spacial score (nSPS) is 7.70. The van der Waals surface area contributed by atoms with Crippen molar-refractivity contribution in [2.45, 2.75) is 0 Å². The molecule has 0 amide bonds. The summed E-state index contributed by atoms with van der Waals surface area (Å²) >= 11 is 2.38. The number of aromatic amines is 1. The molecule has 0 aromatic carbocycles. The predicted molar refractivity (Wildman–Crippen MR) is 39.9 cm³/mol. The van der Waals surface area contributed by atoms with Crippen LogP contribution in [0.1, 0.15) is 0 Å². The summed E-state index contributed by atoms with van der Waals surface area (Å²) in [4.78, 5) is 2.33. The van der Waals surface area contributed by atoms with Crippen LogP contribution in [0.2, 0.25) is 0 Å². The number of nitrogens with one attached hydrogen (secondary N) is 1. The van der Waals surface area contributed by atoms with E-state index < -0.39 is 0 Å². The number of aromatic nitrogens is 1. The van der Waals surface area contributed by atoms with Crippen LogP contribution in [0.15, 0.2) is 18.3 Å². The van der Waals surface area contributed by atoms with E-state index in [9.17, 15) is 4.39 Å². The summed E-state index contributed by atoms with van der Waals surface area (Å²) in [5.41, 5.74) is 9.50. The van der Waals surface area contributed by atoms with Gasteiger partial charge in [0.05, 0.1) is 0 Å². The summed E-state index contributed by atoms with van der Waals surface area (Å²) in [5, 5.41) is 0. The molecular formula is C5H8FN3Se. The van der Waals surface area contributed by atoms with E-state index >= 15 is 0 Å². The second kappa shape index (κ2) is 5.02. The van der Waals surface area contributed by atoms with Crippen molar-refractivity contribution in [3.63, 3.8) is 0 Å². The van der Waals surface area contributed by atoms with Crippen LogP contribution in [0.4, 0.5) is 4.39 Å². The first kappa shape index (κ1) is 9.20. The third-order valence-electron chi connectivity index (χ3n) is 0.560. The van der Waals surface area contributed by atoms with Crippen LogP contribution in [0.3, 0.4) is 0 Å². The maximum absolute atomic E-state index is 11.6. The molecule has 1 rings (SSSR count). The molecule has 0 unspecified atom stereocenters. The van der Waals surface area contributed by atoms with E-state index in [0.717, 1.165) is 0 Å². The molecule has 0 saturated heterocycles. The summed E-state index contributed by atoms with van der Waals surface area (Å²) in [7, 11) is 0. The monoisotopic (exact) mass is 209 g/mol. The van der Waals surface area contributed by atoms with Gasteiger partial charge in [-0.05, 0) is 12.1 Å². The van der Waals surface area contributed by atoms with Crippen LogP contribution >= 0.6 is 0 Å². The molecule has 1 aromatic heterocycles. The maximum atomic E-state index is 11.6. The minimum atomic E-state index is -0.282. The van der Waals surface area contributed by atoms with Gasteiger partial charge in [-0.3, -0.25) is 0 Å². The fraction of sp³-hybridized carbons (Fsp3) is 0. The summed E-state index contributed by atoms with van der Waals surface area (Å²) in [6.45, 7) is 0. The van der Waals surface area contributed by atoms with E-state index in [4.69, 9.17) is 11.5 Å². The van der Waals surface area contributed by atoms with Gasteiger partial charge in [0.25, 0.3) is 0 Å². The van der Waals surface area contributed by atoms with Crippen LogP contribution in [0, 0.1) is 5.95 Å². The van der Waals surface area contributed by atoms with Crippen LogP contribution in [0.5, 0.6) is 0 Å². The molecule has 5 heteroatoms. The molecule has 56 valence electrons. The SMILES string of the molecule is Fc1ccc[nH]1.NC(N)=[Se]. The Labute approximate surface area is 66.0 Å². The van der Waals surface area contributed by atoms with Gasteiger partial charge in [0.15, 0.2) is 5.95 Å². The number of H-pyrrole nitrogens is 1. The first-order valence-corrected chi connectivity index (χ1v) is 3.32. The Bertz CT molecular complexity index is 181. The minimum absolute atomic E-state index is 0.282. The second-order valence-corrected chi connectivity index (χ2v) is 2.41. The molecule has 0 fully saturated rings. The molecule has 0 spiro atoms. The van der Waals surface area contributed by atoms with E-state index in [1.165, 1.54) is 12.3 Å². The Morgan fingerprint density at radius 2 is 2.10 bits per heavy atom. The number of nitrogens with two attached hydrogens (primary N) is 2. The standard InChI is InChI=1S/C4H4FN.CH4N2Se/c5-4-2-1-3-6-4;2-1(3)4/h1-3,6H;(H4,2,3,4). The zero-order valence-corrected chi connectivity index (χ0v) is 6.89. The van der Waals surface area contributed by atoms with E-state index in [1.54, 1.807) is 6.07 Å². The third-order valence-corrected chi connectivity index (χ3v) is 0.560. The third kappa shape index (κ3) is 7.20. The zero-order valence-electron chi connectivity index (χ0n) is 5.17. The quantitative estimate of drug-likeness (QED) is 0.494. The van der Waals surface area contributed by atoms with Crippen LogP contribution in [0.25, 0.3) is 0 Å². The Kier molecular flexibility index (Phi) is 4.62. The van der Waals surface area contributed by atoms with Crippen molar-refractivity contribution < 1.29 is 4.39 Å². The van der Waals surface area contributed by atoms with Crippen molar-refractivity contribution in [3.8, 4) is 0 Å². The zero-order chi connectivity index (χ0) is 7.98. The van der Waals surface area contributed by atoms with Crippen molar-refractivity contribution in [3.05, 3.63) is 24.3 Å². The number of halogens is 1. The Balaban J connectivity index is 0.000000180. The van der Waals surface area contributed by atoms with E-state index in [1.807, 2.05) is 0 Å². The first-order chi connectivity index (χ1) is 4.63. The molecule has 0 atom stereocenters. The molecule has 1 aromatic rings. The van der Waals surface area contributed by atoms with Gasteiger partial charge in [-0.25, -0.2) is 0 Å². The number of rotatable bonds is 0. The van der Waals surface area contributed by atoms with Gasteiger partial charge >= 0.3 is 31.7 Å². The molecule has 3 nitrogen and oxygen atoms in total. The van der Waals surface area contributed by atoms with Gasteiger partial charge < -0.3 is 4.98 Å². The molecule has 0 aliphatic rings. The fourth-order valence-corrected chi connectivity index (χ4v) is 0.308. The van der Waals surface area contributed by atoms with Gasteiger partial charge in [0.1, 0.15) is 0 Å². The average molecular weight is 208 g/mol. The molecule has 0 aliphatic carbocycles. The molecule has 0 bridgehead atoms. The van der Waals surface area contributed by atoms with Gasteiger partial charge in [-0.1, -0.05) is 0 Å². The van der Waals surface area contributed by atoms with Crippen molar-refractivity contribution in [2.75, 3.05) is 0 Å². The molecule has 0 saturated carbocycles. The Morgan fingerprint density at radius 3 is 2.20 bits per heavy atom. The van der Waals surface area contributed by atoms with Crippen LogP contribution in [-0.2, 0) is 0 Å². The predicted octanol–water partition coefficient (Wildman–Crippen LogP) is -0.687. The first-order valence-electron chi connectivity index (χ1n) is 2.46. The van der Waals surface area contributed by atoms with E-state index in [0.29, 0.717) is 4.67 Å². The van der Waals surface area contributed by atoms with Crippen molar-refractivity contribution in [2.24, 2.45) is 11.5 Å². The topological polar surface area (TPSA) is 67.8 Å². The molecule has 5 N–H and O–H groups in total. The van der Waals surface area contributed by atoms with Gasteiger partial charge in [-0.2, -0.15) is 4.39 Å². The molecular weight excluding hydrogens is 200 g/mol. The van der Waals surface area contributed by atoms with Gasteiger partial charge in [-0.15, -0.1) is 0 Å². The number of hydrogen-bond donors (Lipinski definition) is 3. The summed E-state index contributed by atoms with van der Waals surface area (Å²) < 4.78 is 11.9. The Morgan fingerprint density at radius 1 is 1.60 bits per heavy atom. The summed E-state index contributed by atoms with van der Waals surface area (Å²) in [6, 6.07) is 2.97. The molecule has 0 aliphatic heterocycles. The van der Waals surface area contributed by atoms with Crippen LogP contribution < -0.4 is 11.5 Å². The van der Waals surface area contributed by atoms with Gasteiger partial charge in [0.2, 0.25) is 0 Å². The van der Waals surface area contributed by atoms with Crippen molar-refractivity contribution >= 4 is 20.2 Å². The Hall–Kier alpha value is -0.801. The van der Waals surface area contributed by atoms with E-state index in [2.05, 4.69) is 20.6 Å². The number of hydrogen-bond acceptors (Lipinski definition) is 2. The summed E-state index contributed by atoms with van der Waals surface area (Å²) in [6.07, 6.45) is 1.54. The van der Waals surface area contributed by atoms with E-state index in [-0.39, 0.29) is 5.95 Å².